The lowest BCUT2D eigenvalue weighted by atomic mass is 9.79. The minimum atomic E-state index is -3.51. The zero-order valence-electron chi connectivity index (χ0n) is 13.5. The first-order chi connectivity index (χ1) is 9.35. The highest BCUT2D eigenvalue weighted by Crippen LogP contribution is 2.55. The summed E-state index contributed by atoms with van der Waals surface area (Å²) < 4.78 is 23.6. The maximum atomic E-state index is 12.3. The van der Waals surface area contributed by atoms with Gasteiger partial charge in [-0.05, 0) is 44.4 Å². The quantitative estimate of drug-likeness (QED) is 0.716. The summed E-state index contributed by atoms with van der Waals surface area (Å²) in [6.07, 6.45) is 3.67. The van der Waals surface area contributed by atoms with Gasteiger partial charge in [-0.25, -0.2) is 0 Å². The topological polar surface area (TPSA) is 55.8 Å². The molecule has 0 aromatic heterocycles. The molecule has 0 aromatic carbocycles. The first-order valence-electron chi connectivity index (χ1n) is 7.98. The second kappa shape index (κ2) is 7.93. The Morgan fingerprint density at radius 1 is 1.20 bits per heavy atom. The first kappa shape index (κ1) is 18.2. The smallest absolute Gasteiger partial charge is 0.331 e. The molecule has 0 spiro atoms. The van der Waals surface area contributed by atoms with Crippen LogP contribution in [-0.4, -0.2) is 29.4 Å². The van der Waals surface area contributed by atoms with Crippen molar-refractivity contribution in [2.45, 2.75) is 78.2 Å². The second-order valence-electron chi connectivity index (χ2n) is 6.06. The Hall–Kier alpha value is 0.110. The van der Waals surface area contributed by atoms with Gasteiger partial charge in [0.1, 0.15) is 0 Å². The molecule has 1 fully saturated rings. The molecule has 1 saturated carbocycles. The first-order valence-corrected chi connectivity index (χ1v) is 9.62. The molecule has 1 aliphatic rings. The summed E-state index contributed by atoms with van der Waals surface area (Å²) in [4.78, 5) is 10.1. The Morgan fingerprint density at radius 2 is 1.80 bits per heavy atom. The van der Waals surface area contributed by atoms with Crippen molar-refractivity contribution in [1.82, 2.24) is 0 Å². The molecule has 0 heterocycles. The molecule has 1 rings (SSSR count). The average molecular weight is 306 g/mol. The Labute approximate surface area is 123 Å². The summed E-state index contributed by atoms with van der Waals surface area (Å²) in [7, 11) is -3.51. The van der Waals surface area contributed by atoms with Crippen molar-refractivity contribution in [3.05, 3.63) is 0 Å². The Morgan fingerprint density at radius 3 is 2.30 bits per heavy atom. The molecule has 0 bridgehead atoms. The van der Waals surface area contributed by atoms with Crippen LogP contribution in [-0.2, 0) is 13.8 Å². The lowest BCUT2D eigenvalue weighted by Gasteiger charge is -2.40. The van der Waals surface area contributed by atoms with E-state index < -0.39 is 7.60 Å². The molecular formula is C15H31O4P. The highest BCUT2D eigenvalue weighted by molar-refractivity contribution is 7.53. The third-order valence-corrected chi connectivity index (χ3v) is 6.66. The van der Waals surface area contributed by atoms with Gasteiger partial charge in [-0.1, -0.05) is 27.7 Å². The SMILES string of the molecule is CCOP(=O)(O)C1C[C@H](C)[C@@H](C)[C@H](OC(CC)CC)C1. The van der Waals surface area contributed by atoms with E-state index in [1.165, 1.54) is 0 Å². The summed E-state index contributed by atoms with van der Waals surface area (Å²) in [5.74, 6) is 0.808. The maximum Gasteiger partial charge on any atom is 0.331 e. The van der Waals surface area contributed by atoms with Crippen molar-refractivity contribution in [1.29, 1.82) is 0 Å². The Bertz CT molecular complexity index is 330. The van der Waals surface area contributed by atoms with Crippen LogP contribution in [0.5, 0.6) is 0 Å². The minimum absolute atomic E-state index is 0.0644. The van der Waals surface area contributed by atoms with Crippen molar-refractivity contribution >= 4 is 7.60 Å². The van der Waals surface area contributed by atoms with Crippen molar-refractivity contribution in [2.75, 3.05) is 6.61 Å². The van der Waals surface area contributed by atoms with E-state index >= 15 is 0 Å². The van der Waals surface area contributed by atoms with Gasteiger partial charge in [0.15, 0.2) is 0 Å². The Kier molecular flexibility index (Phi) is 7.20. The molecule has 120 valence electrons. The fourth-order valence-electron chi connectivity index (χ4n) is 3.05. The molecule has 2 unspecified atom stereocenters. The van der Waals surface area contributed by atoms with Crippen molar-refractivity contribution < 1.29 is 18.7 Å². The van der Waals surface area contributed by atoms with Gasteiger partial charge >= 0.3 is 7.60 Å². The van der Waals surface area contributed by atoms with E-state index in [1.807, 2.05) is 0 Å². The van der Waals surface area contributed by atoms with E-state index in [4.69, 9.17) is 9.26 Å². The van der Waals surface area contributed by atoms with Crippen LogP contribution < -0.4 is 0 Å². The monoisotopic (exact) mass is 306 g/mol. The molecule has 0 aliphatic heterocycles. The molecule has 0 radical (unpaired) electrons. The van der Waals surface area contributed by atoms with Gasteiger partial charge in [0.2, 0.25) is 0 Å². The predicted molar refractivity (Wildman–Crippen MR) is 82.0 cm³/mol. The number of hydrogen-bond donors (Lipinski definition) is 1. The molecule has 5 heteroatoms. The molecule has 5 atom stereocenters. The highest BCUT2D eigenvalue weighted by atomic mass is 31.2. The van der Waals surface area contributed by atoms with Crippen LogP contribution in [0.25, 0.3) is 0 Å². The van der Waals surface area contributed by atoms with Gasteiger partial charge < -0.3 is 14.2 Å². The van der Waals surface area contributed by atoms with E-state index in [0.717, 1.165) is 19.3 Å². The lowest BCUT2D eigenvalue weighted by Crippen LogP contribution is -2.40. The largest absolute Gasteiger partial charge is 0.375 e. The van der Waals surface area contributed by atoms with Crippen LogP contribution in [0.1, 0.15) is 60.3 Å². The maximum absolute atomic E-state index is 12.3. The second-order valence-corrected chi connectivity index (χ2v) is 8.17. The summed E-state index contributed by atoms with van der Waals surface area (Å²) in [6, 6.07) is 0. The van der Waals surface area contributed by atoms with Gasteiger partial charge in [-0.3, -0.25) is 4.57 Å². The number of hydrogen-bond acceptors (Lipinski definition) is 3. The third-order valence-electron chi connectivity index (χ3n) is 4.69. The van der Waals surface area contributed by atoms with E-state index in [1.54, 1.807) is 6.92 Å². The summed E-state index contributed by atoms with van der Waals surface area (Å²) in [5.41, 5.74) is -0.284. The van der Waals surface area contributed by atoms with Crippen LogP contribution in [0.15, 0.2) is 0 Å². The fourth-order valence-corrected chi connectivity index (χ4v) is 4.71. The zero-order valence-corrected chi connectivity index (χ0v) is 14.4. The van der Waals surface area contributed by atoms with Crippen molar-refractivity contribution in [2.24, 2.45) is 11.8 Å². The normalized spacial score (nSPS) is 34.1. The van der Waals surface area contributed by atoms with Crippen LogP contribution in [0.4, 0.5) is 0 Å². The van der Waals surface area contributed by atoms with Gasteiger partial charge in [-0.2, -0.15) is 0 Å². The Balaban J connectivity index is 2.77. The fraction of sp³-hybridized carbons (Fsp3) is 1.00. The van der Waals surface area contributed by atoms with Crippen molar-refractivity contribution in [3.8, 4) is 0 Å². The number of ether oxygens (including phenoxy) is 1. The number of rotatable bonds is 7. The molecule has 1 N–H and O–H groups in total. The van der Waals surface area contributed by atoms with Crippen LogP contribution in [0.3, 0.4) is 0 Å². The molecular weight excluding hydrogens is 275 g/mol. The third kappa shape index (κ3) is 4.56. The highest BCUT2D eigenvalue weighted by Gasteiger charge is 2.42. The van der Waals surface area contributed by atoms with E-state index in [-0.39, 0.29) is 24.5 Å². The van der Waals surface area contributed by atoms with Crippen LogP contribution in [0.2, 0.25) is 0 Å². The minimum Gasteiger partial charge on any atom is -0.375 e. The standard InChI is InChI=1S/C15H31O4P/c1-6-13(7-2)19-15-10-14(9-11(4)12(15)5)20(16,17)18-8-3/h11-15H,6-10H2,1-5H3,(H,16,17)/t11-,12+,14?,15+/m0/s1. The molecule has 4 nitrogen and oxygen atoms in total. The van der Waals surface area contributed by atoms with Gasteiger partial charge in [0.25, 0.3) is 0 Å². The molecule has 0 saturated heterocycles. The summed E-state index contributed by atoms with van der Waals surface area (Å²) in [5, 5.41) is 0. The summed E-state index contributed by atoms with van der Waals surface area (Å²) >= 11 is 0. The van der Waals surface area contributed by atoms with Gasteiger partial charge in [0, 0.05) is 0 Å². The van der Waals surface area contributed by atoms with E-state index in [0.29, 0.717) is 18.3 Å². The average Bonchev–Trinajstić information content (AvgIpc) is 2.40. The van der Waals surface area contributed by atoms with Crippen molar-refractivity contribution in [3.63, 3.8) is 0 Å². The molecule has 0 aromatic rings. The van der Waals surface area contributed by atoms with E-state index in [2.05, 4.69) is 27.7 Å². The zero-order chi connectivity index (χ0) is 15.3. The van der Waals surface area contributed by atoms with E-state index in [9.17, 15) is 9.46 Å². The summed E-state index contributed by atoms with van der Waals surface area (Å²) in [6.45, 7) is 10.6. The van der Waals surface area contributed by atoms with Gasteiger partial charge in [0.05, 0.1) is 24.5 Å². The van der Waals surface area contributed by atoms with Gasteiger partial charge in [-0.15, -0.1) is 0 Å². The lowest BCUT2D eigenvalue weighted by molar-refractivity contribution is -0.0713. The molecule has 0 amide bonds. The molecule has 20 heavy (non-hydrogen) atoms. The van der Waals surface area contributed by atoms with Crippen LogP contribution >= 0.6 is 7.60 Å². The molecule has 1 aliphatic carbocycles. The predicted octanol–water partition coefficient (Wildman–Crippen LogP) is 4.22. The van der Waals surface area contributed by atoms with Crippen LogP contribution in [0, 0.1) is 11.8 Å².